The van der Waals surface area contributed by atoms with E-state index in [0.29, 0.717) is 5.56 Å². The summed E-state index contributed by atoms with van der Waals surface area (Å²) in [6.45, 7) is 3.27. The molecule has 0 bridgehead atoms. The van der Waals surface area contributed by atoms with Gasteiger partial charge >= 0.3 is 0 Å². The molecule has 0 aliphatic heterocycles. The van der Waals surface area contributed by atoms with Gasteiger partial charge in [0.1, 0.15) is 6.20 Å². The van der Waals surface area contributed by atoms with E-state index in [4.69, 9.17) is 5.26 Å². The smallest absolute Gasteiger partial charge is 0.258 e. The number of nitriles is 1. The van der Waals surface area contributed by atoms with Crippen molar-refractivity contribution < 1.29 is 4.92 Å². The Bertz CT molecular complexity index is 407. The van der Waals surface area contributed by atoms with Crippen LogP contribution < -0.4 is 0 Å². The molecule has 0 unspecified atom stereocenters. The van der Waals surface area contributed by atoms with Gasteiger partial charge in [-0.05, 0) is 19.9 Å². The van der Waals surface area contributed by atoms with Crippen LogP contribution in [0.15, 0.2) is 18.5 Å². The average Bonchev–Trinajstić information content (AvgIpc) is 2.18. The van der Waals surface area contributed by atoms with Crippen LogP contribution in [-0.2, 0) is 5.41 Å². The molecular formula is C9H9N3O2. The normalized spacial score (nSPS) is 10.6. The van der Waals surface area contributed by atoms with Gasteiger partial charge < -0.3 is 0 Å². The summed E-state index contributed by atoms with van der Waals surface area (Å²) in [7, 11) is 0. The molecule has 0 aliphatic rings. The fourth-order valence-corrected chi connectivity index (χ4v) is 1.12. The number of nitro groups is 1. The van der Waals surface area contributed by atoms with Gasteiger partial charge in [-0.2, -0.15) is 5.26 Å². The van der Waals surface area contributed by atoms with Crippen LogP contribution in [0.1, 0.15) is 19.4 Å². The van der Waals surface area contributed by atoms with E-state index in [-0.39, 0.29) is 5.69 Å². The predicted molar refractivity (Wildman–Crippen MR) is 49.5 cm³/mol. The molecule has 1 heterocycles. The summed E-state index contributed by atoms with van der Waals surface area (Å²) in [6.07, 6.45) is 2.61. The van der Waals surface area contributed by atoms with Crippen LogP contribution in [0.3, 0.4) is 0 Å². The second kappa shape index (κ2) is 3.42. The molecule has 0 aromatic carbocycles. The van der Waals surface area contributed by atoms with Crippen molar-refractivity contribution in [3.05, 3.63) is 34.1 Å². The molecule has 0 radical (unpaired) electrons. The predicted octanol–water partition coefficient (Wildman–Crippen LogP) is 1.79. The van der Waals surface area contributed by atoms with Crippen LogP contribution >= 0.6 is 0 Å². The summed E-state index contributed by atoms with van der Waals surface area (Å²) >= 11 is 0. The van der Waals surface area contributed by atoms with E-state index in [9.17, 15) is 10.1 Å². The molecule has 5 nitrogen and oxygen atoms in total. The number of rotatable bonds is 2. The maximum atomic E-state index is 10.6. The van der Waals surface area contributed by atoms with Gasteiger partial charge in [0.25, 0.3) is 5.69 Å². The van der Waals surface area contributed by atoms with Crippen LogP contribution in [-0.4, -0.2) is 9.91 Å². The van der Waals surface area contributed by atoms with Crippen molar-refractivity contribution in [2.24, 2.45) is 0 Å². The van der Waals surface area contributed by atoms with E-state index in [2.05, 4.69) is 4.98 Å². The average molecular weight is 191 g/mol. The lowest BCUT2D eigenvalue weighted by molar-refractivity contribution is -0.386. The molecule has 0 N–H and O–H groups in total. The number of nitrogens with zero attached hydrogens (tertiary/aromatic N) is 3. The van der Waals surface area contributed by atoms with Gasteiger partial charge in [0.15, 0.2) is 0 Å². The summed E-state index contributed by atoms with van der Waals surface area (Å²) < 4.78 is 0. The second-order valence-electron chi connectivity index (χ2n) is 3.39. The van der Waals surface area contributed by atoms with E-state index in [1.165, 1.54) is 12.3 Å². The van der Waals surface area contributed by atoms with E-state index < -0.39 is 10.3 Å². The highest BCUT2D eigenvalue weighted by molar-refractivity contribution is 5.45. The standard InChI is InChI=1S/C9H9N3O2/c1-9(2,6-10)7-3-4-11-5-8(7)12(13)14/h3-5H,1-2H3. The maximum Gasteiger partial charge on any atom is 0.292 e. The third kappa shape index (κ3) is 1.69. The Kier molecular flexibility index (Phi) is 2.47. The van der Waals surface area contributed by atoms with Crippen molar-refractivity contribution in [2.75, 3.05) is 0 Å². The topological polar surface area (TPSA) is 79.8 Å². The molecule has 14 heavy (non-hydrogen) atoms. The van der Waals surface area contributed by atoms with Gasteiger partial charge in [-0.1, -0.05) is 0 Å². The van der Waals surface area contributed by atoms with Crippen molar-refractivity contribution in [3.63, 3.8) is 0 Å². The summed E-state index contributed by atoms with van der Waals surface area (Å²) in [5.74, 6) is 0. The molecule has 1 rings (SSSR count). The first-order valence-electron chi connectivity index (χ1n) is 3.99. The first-order valence-corrected chi connectivity index (χ1v) is 3.99. The van der Waals surface area contributed by atoms with Gasteiger partial charge in [-0.25, -0.2) is 0 Å². The summed E-state index contributed by atoms with van der Waals surface area (Å²) in [5, 5.41) is 19.5. The van der Waals surface area contributed by atoms with Crippen LogP contribution in [0.4, 0.5) is 5.69 Å². The van der Waals surface area contributed by atoms with Crippen LogP contribution in [0.25, 0.3) is 0 Å². The monoisotopic (exact) mass is 191 g/mol. The molecule has 1 aromatic rings. The highest BCUT2D eigenvalue weighted by Gasteiger charge is 2.28. The number of hydrogen-bond acceptors (Lipinski definition) is 4. The molecule has 0 fully saturated rings. The molecule has 1 aromatic heterocycles. The first-order chi connectivity index (χ1) is 6.49. The highest BCUT2D eigenvalue weighted by atomic mass is 16.6. The van der Waals surface area contributed by atoms with Gasteiger partial charge in [-0.3, -0.25) is 15.1 Å². The zero-order valence-corrected chi connectivity index (χ0v) is 7.89. The summed E-state index contributed by atoms with van der Waals surface area (Å²) in [5.41, 5.74) is -0.593. The third-order valence-corrected chi connectivity index (χ3v) is 1.95. The molecule has 0 atom stereocenters. The van der Waals surface area contributed by atoms with Crippen molar-refractivity contribution in [1.82, 2.24) is 4.98 Å². The SMILES string of the molecule is CC(C)(C#N)c1ccncc1[N+](=O)[O-]. The second-order valence-corrected chi connectivity index (χ2v) is 3.39. The number of hydrogen-bond donors (Lipinski definition) is 0. The van der Waals surface area contributed by atoms with Gasteiger partial charge in [0, 0.05) is 6.20 Å². The largest absolute Gasteiger partial charge is 0.292 e. The van der Waals surface area contributed by atoms with E-state index in [1.54, 1.807) is 13.8 Å². The van der Waals surface area contributed by atoms with Crippen LogP contribution in [0, 0.1) is 21.4 Å². The van der Waals surface area contributed by atoms with Crippen molar-refractivity contribution in [2.45, 2.75) is 19.3 Å². The van der Waals surface area contributed by atoms with Gasteiger partial charge in [0.05, 0.1) is 22.0 Å². The van der Waals surface area contributed by atoms with E-state index in [1.807, 2.05) is 6.07 Å². The van der Waals surface area contributed by atoms with Gasteiger partial charge in [-0.15, -0.1) is 0 Å². The van der Waals surface area contributed by atoms with Crippen molar-refractivity contribution in [3.8, 4) is 6.07 Å². The Labute approximate surface area is 81.2 Å². The Morgan fingerprint density at radius 2 is 2.29 bits per heavy atom. The fraction of sp³-hybridized carbons (Fsp3) is 0.333. The zero-order valence-electron chi connectivity index (χ0n) is 7.89. The Hall–Kier alpha value is -1.96. The molecule has 72 valence electrons. The fourth-order valence-electron chi connectivity index (χ4n) is 1.12. The molecule has 5 heteroatoms. The third-order valence-electron chi connectivity index (χ3n) is 1.95. The Morgan fingerprint density at radius 1 is 1.64 bits per heavy atom. The minimum atomic E-state index is -0.870. The minimum absolute atomic E-state index is 0.112. The van der Waals surface area contributed by atoms with Crippen molar-refractivity contribution >= 4 is 5.69 Å². The minimum Gasteiger partial charge on any atom is -0.258 e. The molecule has 0 saturated carbocycles. The van der Waals surface area contributed by atoms with E-state index in [0.717, 1.165) is 6.20 Å². The number of aromatic nitrogens is 1. The summed E-state index contributed by atoms with van der Waals surface area (Å²) in [6, 6.07) is 3.52. The highest BCUT2D eigenvalue weighted by Crippen LogP contribution is 2.29. The Morgan fingerprint density at radius 3 is 2.79 bits per heavy atom. The summed E-state index contributed by atoms with van der Waals surface area (Å²) in [4.78, 5) is 13.8. The van der Waals surface area contributed by atoms with Crippen LogP contribution in [0.2, 0.25) is 0 Å². The van der Waals surface area contributed by atoms with Crippen molar-refractivity contribution in [1.29, 1.82) is 5.26 Å². The lowest BCUT2D eigenvalue weighted by atomic mass is 9.86. The van der Waals surface area contributed by atoms with Gasteiger partial charge in [0.2, 0.25) is 0 Å². The molecule has 0 amide bonds. The molecular weight excluding hydrogens is 182 g/mol. The van der Waals surface area contributed by atoms with Crippen LogP contribution in [0.5, 0.6) is 0 Å². The maximum absolute atomic E-state index is 10.6. The molecule has 0 aliphatic carbocycles. The molecule has 0 spiro atoms. The quantitative estimate of drug-likeness (QED) is 0.527. The lowest BCUT2D eigenvalue weighted by Gasteiger charge is -2.14. The number of pyridine rings is 1. The zero-order chi connectivity index (χ0) is 10.8. The van der Waals surface area contributed by atoms with E-state index >= 15 is 0 Å². The molecule has 0 saturated heterocycles. The lowest BCUT2D eigenvalue weighted by Crippen LogP contribution is -2.16. The Balaban J connectivity index is 3.36. The first kappa shape index (κ1) is 10.1.